The predicted octanol–water partition coefficient (Wildman–Crippen LogP) is 0.577. The zero-order valence-electron chi connectivity index (χ0n) is 8.53. The van der Waals surface area contributed by atoms with Crippen molar-refractivity contribution in [1.82, 2.24) is 9.80 Å². The van der Waals surface area contributed by atoms with Gasteiger partial charge in [0.2, 0.25) is 11.8 Å². The summed E-state index contributed by atoms with van der Waals surface area (Å²) in [6, 6.07) is 0. The maximum atomic E-state index is 11.5. The van der Waals surface area contributed by atoms with Crippen molar-refractivity contribution < 1.29 is 9.59 Å². The Bertz CT molecular complexity index is 265. The number of hydrogen-bond donors (Lipinski definition) is 0. The molecule has 0 bridgehead atoms. The lowest BCUT2D eigenvalue weighted by atomic mass is 10.3. The van der Waals surface area contributed by atoms with Crippen LogP contribution in [0.15, 0.2) is 0 Å². The number of rotatable bonds is 1. The fourth-order valence-corrected chi connectivity index (χ4v) is 2.42. The molecule has 2 aliphatic heterocycles. The van der Waals surface area contributed by atoms with Gasteiger partial charge in [0.25, 0.3) is 0 Å². The van der Waals surface area contributed by atoms with E-state index in [1.54, 1.807) is 6.92 Å². The first kappa shape index (κ1) is 9.49. The summed E-state index contributed by atoms with van der Waals surface area (Å²) in [6.45, 7) is 3.22. The van der Waals surface area contributed by atoms with E-state index in [1.807, 2.05) is 9.80 Å². The molecule has 1 unspecified atom stereocenters. The van der Waals surface area contributed by atoms with Gasteiger partial charge >= 0.3 is 0 Å². The summed E-state index contributed by atoms with van der Waals surface area (Å²) < 4.78 is 0. The van der Waals surface area contributed by atoms with Gasteiger partial charge in [-0.05, 0) is 19.3 Å². The monoisotopic (exact) mass is 196 g/mol. The summed E-state index contributed by atoms with van der Waals surface area (Å²) in [5.74, 6) is 0.301. The van der Waals surface area contributed by atoms with Gasteiger partial charge in [-0.3, -0.25) is 9.59 Å². The number of likely N-dealkylation sites (tertiary alicyclic amines) is 2. The molecular weight excluding hydrogens is 180 g/mol. The van der Waals surface area contributed by atoms with Crippen molar-refractivity contribution in [2.24, 2.45) is 0 Å². The number of amides is 2. The van der Waals surface area contributed by atoms with Crippen molar-refractivity contribution in [2.45, 2.75) is 38.8 Å². The molecule has 4 nitrogen and oxygen atoms in total. The van der Waals surface area contributed by atoms with Crippen LogP contribution in [0.1, 0.15) is 32.6 Å². The van der Waals surface area contributed by atoms with Gasteiger partial charge in [-0.1, -0.05) is 0 Å². The van der Waals surface area contributed by atoms with Crippen molar-refractivity contribution in [3.8, 4) is 0 Å². The fraction of sp³-hybridized carbons (Fsp3) is 0.800. The lowest BCUT2D eigenvalue weighted by molar-refractivity contribution is -0.139. The molecule has 2 aliphatic rings. The van der Waals surface area contributed by atoms with Crippen LogP contribution in [-0.2, 0) is 9.59 Å². The van der Waals surface area contributed by atoms with Crippen molar-refractivity contribution >= 4 is 11.8 Å². The summed E-state index contributed by atoms with van der Waals surface area (Å²) in [4.78, 5) is 26.5. The third kappa shape index (κ3) is 1.49. The van der Waals surface area contributed by atoms with Crippen molar-refractivity contribution in [3.05, 3.63) is 0 Å². The van der Waals surface area contributed by atoms with E-state index >= 15 is 0 Å². The Morgan fingerprint density at radius 2 is 2.14 bits per heavy atom. The molecule has 78 valence electrons. The van der Waals surface area contributed by atoms with E-state index in [0.29, 0.717) is 6.42 Å². The number of carbonyl (C=O) groups excluding carboxylic acids is 2. The Balaban J connectivity index is 2.09. The molecule has 2 rings (SSSR count). The fourth-order valence-electron chi connectivity index (χ4n) is 2.42. The van der Waals surface area contributed by atoms with Crippen LogP contribution in [-0.4, -0.2) is 40.9 Å². The maximum absolute atomic E-state index is 11.5. The van der Waals surface area contributed by atoms with Crippen LogP contribution < -0.4 is 0 Å². The van der Waals surface area contributed by atoms with E-state index in [-0.39, 0.29) is 18.0 Å². The van der Waals surface area contributed by atoms with Gasteiger partial charge in [0.15, 0.2) is 0 Å². The highest BCUT2D eigenvalue weighted by molar-refractivity contribution is 5.80. The average Bonchev–Trinajstić information content (AvgIpc) is 2.70. The summed E-state index contributed by atoms with van der Waals surface area (Å²) >= 11 is 0. The largest absolute Gasteiger partial charge is 0.322 e. The minimum Gasteiger partial charge on any atom is -0.322 e. The summed E-state index contributed by atoms with van der Waals surface area (Å²) in [6.07, 6.45) is 3.63. The van der Waals surface area contributed by atoms with E-state index in [2.05, 4.69) is 0 Å². The standard InChI is InChI=1S/C10H16N2O2/c1-8(13)11-6-2-4-9(11)12-7-3-5-10(12)14/h9H,2-7H2,1H3. The Labute approximate surface area is 83.9 Å². The van der Waals surface area contributed by atoms with Gasteiger partial charge in [-0.25, -0.2) is 0 Å². The van der Waals surface area contributed by atoms with Crippen LogP contribution in [0.4, 0.5) is 0 Å². The molecule has 2 heterocycles. The second-order valence-corrected chi connectivity index (χ2v) is 4.03. The quantitative estimate of drug-likeness (QED) is 0.615. The molecule has 0 aromatic carbocycles. The molecule has 0 spiro atoms. The van der Waals surface area contributed by atoms with Crippen LogP contribution >= 0.6 is 0 Å². The molecule has 0 aromatic rings. The van der Waals surface area contributed by atoms with Crippen LogP contribution in [0.5, 0.6) is 0 Å². The first-order chi connectivity index (χ1) is 6.70. The van der Waals surface area contributed by atoms with E-state index in [4.69, 9.17) is 0 Å². The lowest BCUT2D eigenvalue weighted by Gasteiger charge is -2.31. The average molecular weight is 196 g/mol. The van der Waals surface area contributed by atoms with E-state index in [9.17, 15) is 9.59 Å². The molecule has 14 heavy (non-hydrogen) atoms. The Morgan fingerprint density at radius 3 is 2.71 bits per heavy atom. The minimum atomic E-state index is 0.0579. The molecule has 2 fully saturated rings. The minimum absolute atomic E-state index is 0.0579. The van der Waals surface area contributed by atoms with Crippen molar-refractivity contribution in [3.63, 3.8) is 0 Å². The Hall–Kier alpha value is -1.06. The number of hydrogen-bond acceptors (Lipinski definition) is 2. The number of carbonyl (C=O) groups is 2. The van der Waals surface area contributed by atoms with Crippen LogP contribution in [0.3, 0.4) is 0 Å². The van der Waals surface area contributed by atoms with E-state index in [0.717, 1.165) is 32.4 Å². The predicted molar refractivity (Wildman–Crippen MR) is 51.4 cm³/mol. The smallest absolute Gasteiger partial charge is 0.224 e. The highest BCUT2D eigenvalue weighted by Crippen LogP contribution is 2.24. The summed E-state index contributed by atoms with van der Waals surface area (Å²) in [5, 5.41) is 0. The van der Waals surface area contributed by atoms with Crippen LogP contribution in [0, 0.1) is 0 Å². The molecule has 0 aliphatic carbocycles. The molecule has 4 heteroatoms. The van der Waals surface area contributed by atoms with Gasteiger partial charge in [0.05, 0.1) is 0 Å². The van der Waals surface area contributed by atoms with Crippen molar-refractivity contribution in [1.29, 1.82) is 0 Å². The molecule has 0 saturated carbocycles. The van der Waals surface area contributed by atoms with Crippen molar-refractivity contribution in [2.75, 3.05) is 13.1 Å². The first-order valence-corrected chi connectivity index (χ1v) is 5.27. The second kappa shape index (κ2) is 3.59. The normalized spacial score (nSPS) is 27.5. The summed E-state index contributed by atoms with van der Waals surface area (Å²) in [7, 11) is 0. The molecule has 2 saturated heterocycles. The van der Waals surface area contributed by atoms with Crippen LogP contribution in [0.2, 0.25) is 0 Å². The van der Waals surface area contributed by atoms with Gasteiger partial charge < -0.3 is 9.80 Å². The topological polar surface area (TPSA) is 40.6 Å². The Kier molecular flexibility index (Phi) is 2.44. The first-order valence-electron chi connectivity index (χ1n) is 5.27. The van der Waals surface area contributed by atoms with Gasteiger partial charge in [-0.2, -0.15) is 0 Å². The van der Waals surface area contributed by atoms with E-state index < -0.39 is 0 Å². The van der Waals surface area contributed by atoms with Gasteiger partial charge in [-0.15, -0.1) is 0 Å². The Morgan fingerprint density at radius 1 is 1.36 bits per heavy atom. The molecule has 2 amide bonds. The zero-order valence-corrected chi connectivity index (χ0v) is 8.53. The van der Waals surface area contributed by atoms with Crippen LogP contribution in [0.25, 0.3) is 0 Å². The maximum Gasteiger partial charge on any atom is 0.224 e. The van der Waals surface area contributed by atoms with Gasteiger partial charge in [0, 0.05) is 26.4 Å². The highest BCUT2D eigenvalue weighted by Gasteiger charge is 2.35. The SMILES string of the molecule is CC(=O)N1CCCC1N1CCCC1=O. The summed E-state index contributed by atoms with van der Waals surface area (Å²) in [5.41, 5.74) is 0. The molecular formula is C10H16N2O2. The molecule has 0 N–H and O–H groups in total. The second-order valence-electron chi connectivity index (χ2n) is 4.03. The van der Waals surface area contributed by atoms with Gasteiger partial charge in [0.1, 0.15) is 6.17 Å². The zero-order chi connectivity index (χ0) is 10.1. The number of nitrogens with zero attached hydrogens (tertiary/aromatic N) is 2. The van der Waals surface area contributed by atoms with E-state index in [1.165, 1.54) is 0 Å². The third-order valence-electron chi connectivity index (χ3n) is 3.10. The molecule has 1 atom stereocenters. The lowest BCUT2D eigenvalue weighted by Crippen LogP contribution is -2.47. The molecule has 0 aromatic heterocycles. The third-order valence-corrected chi connectivity index (χ3v) is 3.10. The molecule has 0 radical (unpaired) electrons. The highest BCUT2D eigenvalue weighted by atomic mass is 16.2.